The van der Waals surface area contributed by atoms with E-state index in [-0.39, 0.29) is 12.0 Å². The Balaban J connectivity index is 1.33. The van der Waals surface area contributed by atoms with Crippen LogP contribution in [0.3, 0.4) is 0 Å². The molecule has 5 rings (SSSR count). The number of fused-ring (bicyclic) bond motifs is 1. The second-order valence-electron chi connectivity index (χ2n) is 10.5. The molecule has 0 aromatic heterocycles. The van der Waals surface area contributed by atoms with Crippen LogP contribution < -0.4 is 20.4 Å². The van der Waals surface area contributed by atoms with Gasteiger partial charge in [-0.05, 0) is 74.3 Å². The molecule has 2 aromatic rings. The normalized spacial score (nSPS) is 18.6. The van der Waals surface area contributed by atoms with Gasteiger partial charge in [0.1, 0.15) is 17.7 Å². The Morgan fingerprint density at radius 2 is 1.39 bits per heavy atom. The van der Waals surface area contributed by atoms with Gasteiger partial charge in [-0.1, -0.05) is 12.1 Å². The van der Waals surface area contributed by atoms with Crippen molar-refractivity contribution in [3.8, 4) is 0 Å². The maximum atomic E-state index is 13.7. The van der Waals surface area contributed by atoms with Crippen LogP contribution in [0.2, 0.25) is 0 Å². The minimum absolute atomic E-state index is 0.117. The van der Waals surface area contributed by atoms with Crippen molar-refractivity contribution >= 4 is 35.0 Å². The topological polar surface area (TPSA) is 98.8 Å². The second-order valence-corrected chi connectivity index (χ2v) is 10.5. The van der Waals surface area contributed by atoms with E-state index in [0.29, 0.717) is 42.4 Å². The number of carbonyl (C=O) groups is 4. The van der Waals surface area contributed by atoms with Gasteiger partial charge >= 0.3 is 0 Å². The van der Waals surface area contributed by atoms with Crippen LogP contribution in [0.5, 0.6) is 0 Å². The molecule has 2 saturated carbocycles. The molecule has 0 spiro atoms. The number of anilines is 2. The summed E-state index contributed by atoms with van der Waals surface area (Å²) in [5.41, 5.74) is 1.42. The lowest BCUT2D eigenvalue weighted by Gasteiger charge is -2.25. The summed E-state index contributed by atoms with van der Waals surface area (Å²) in [6.07, 6.45) is 3.66. The predicted molar refractivity (Wildman–Crippen MR) is 136 cm³/mol. The highest BCUT2D eigenvalue weighted by molar-refractivity contribution is 6.21. The highest BCUT2D eigenvalue weighted by Gasteiger charge is 2.44. The zero-order valence-corrected chi connectivity index (χ0v) is 21.1. The Hall–Kier alpha value is -3.82. The van der Waals surface area contributed by atoms with E-state index in [2.05, 4.69) is 10.6 Å². The molecule has 2 N–H and O–H groups in total. The van der Waals surface area contributed by atoms with Gasteiger partial charge in [0.15, 0.2) is 6.04 Å². The summed E-state index contributed by atoms with van der Waals surface area (Å²) in [6.45, 7) is 2.34. The molecule has 1 heterocycles. The first-order valence-electron chi connectivity index (χ1n) is 13.0. The molecule has 10 heteroatoms. The maximum Gasteiger partial charge on any atom is 0.259 e. The molecular weight excluding hydrogens is 494 g/mol. The average molecular weight is 525 g/mol. The van der Waals surface area contributed by atoms with Gasteiger partial charge in [-0.3, -0.25) is 19.2 Å². The third-order valence-corrected chi connectivity index (χ3v) is 7.11. The number of hydrogen-bond donors (Lipinski definition) is 2. The van der Waals surface area contributed by atoms with Crippen molar-refractivity contribution in [3.63, 3.8) is 0 Å². The standard InChI is InChI=1S/C28H30F2N4O4/c1-16(31-24(35)12-19-10-20(29)13-21(30)11-19)26(36)32-25-27(37)33(14-17-6-7-17)22-4-2-3-5-23(22)34(28(25)38)15-18-8-9-18/h2-5,10-11,13,16-18,25H,6-9,12,14-15H2,1H3,(H,31,35)(H,32,36). The summed E-state index contributed by atoms with van der Waals surface area (Å²) in [4.78, 5) is 56.2. The Bertz CT molecular complexity index is 1200. The van der Waals surface area contributed by atoms with Crippen molar-refractivity contribution in [2.45, 2.75) is 51.1 Å². The lowest BCUT2D eigenvalue weighted by atomic mass is 10.1. The monoisotopic (exact) mass is 524 g/mol. The number of rotatable bonds is 9. The molecule has 8 nitrogen and oxygen atoms in total. The summed E-state index contributed by atoms with van der Waals surface area (Å²) in [5.74, 6) is -3.27. The molecule has 1 unspecified atom stereocenters. The smallest absolute Gasteiger partial charge is 0.259 e. The van der Waals surface area contributed by atoms with Gasteiger partial charge in [-0.2, -0.15) is 0 Å². The minimum Gasteiger partial charge on any atom is -0.344 e. The first-order chi connectivity index (χ1) is 18.2. The van der Waals surface area contributed by atoms with Gasteiger partial charge in [0.25, 0.3) is 11.8 Å². The van der Waals surface area contributed by atoms with Crippen LogP contribution in [0.25, 0.3) is 0 Å². The Morgan fingerprint density at radius 1 is 0.895 bits per heavy atom. The van der Waals surface area contributed by atoms with Gasteiger partial charge in [0, 0.05) is 19.2 Å². The zero-order chi connectivity index (χ0) is 27.0. The summed E-state index contributed by atoms with van der Waals surface area (Å²) in [6, 6.07) is 7.55. The summed E-state index contributed by atoms with van der Waals surface area (Å²) < 4.78 is 26.9. The maximum absolute atomic E-state index is 13.7. The summed E-state index contributed by atoms with van der Waals surface area (Å²) in [7, 11) is 0. The number of amides is 4. The van der Waals surface area contributed by atoms with Crippen LogP contribution in [0.15, 0.2) is 42.5 Å². The van der Waals surface area contributed by atoms with Crippen LogP contribution in [-0.2, 0) is 25.6 Å². The van der Waals surface area contributed by atoms with E-state index in [0.717, 1.165) is 37.8 Å². The third-order valence-electron chi connectivity index (χ3n) is 7.11. The molecule has 0 bridgehead atoms. The average Bonchev–Trinajstić information content (AvgIpc) is 3.78. The van der Waals surface area contributed by atoms with Gasteiger partial charge in [-0.15, -0.1) is 0 Å². The van der Waals surface area contributed by atoms with Gasteiger partial charge < -0.3 is 20.4 Å². The molecule has 2 fully saturated rings. The Labute approximate surface area is 219 Å². The molecule has 4 amide bonds. The van der Waals surface area contributed by atoms with E-state index in [9.17, 15) is 28.0 Å². The fourth-order valence-corrected chi connectivity index (χ4v) is 4.72. The van der Waals surface area contributed by atoms with Gasteiger partial charge in [0.05, 0.1) is 17.8 Å². The number of hydrogen-bond acceptors (Lipinski definition) is 4. The van der Waals surface area contributed by atoms with Gasteiger partial charge in [0.2, 0.25) is 11.8 Å². The van der Waals surface area contributed by atoms with Crippen molar-refractivity contribution < 1.29 is 28.0 Å². The van der Waals surface area contributed by atoms with Crippen molar-refractivity contribution in [3.05, 3.63) is 59.7 Å². The third kappa shape index (κ3) is 5.84. The zero-order valence-electron chi connectivity index (χ0n) is 21.1. The van der Waals surface area contributed by atoms with E-state index in [1.807, 2.05) is 24.3 Å². The Kier molecular flexibility index (Phi) is 7.14. The molecule has 0 saturated heterocycles. The summed E-state index contributed by atoms with van der Waals surface area (Å²) >= 11 is 0. The number of benzene rings is 2. The fraction of sp³-hybridized carbons (Fsp3) is 0.429. The summed E-state index contributed by atoms with van der Waals surface area (Å²) in [5, 5.41) is 5.05. The van der Waals surface area contributed by atoms with Crippen LogP contribution in [0, 0.1) is 23.5 Å². The number of nitrogens with zero attached hydrogens (tertiary/aromatic N) is 2. The van der Waals surface area contributed by atoms with Crippen LogP contribution in [-0.4, -0.2) is 48.8 Å². The molecular formula is C28H30F2N4O4. The van der Waals surface area contributed by atoms with Crippen molar-refractivity contribution in [1.82, 2.24) is 10.6 Å². The number of halogens is 2. The van der Waals surface area contributed by atoms with Crippen LogP contribution in [0.4, 0.5) is 20.2 Å². The molecule has 1 atom stereocenters. The lowest BCUT2D eigenvalue weighted by molar-refractivity contribution is -0.135. The SMILES string of the molecule is CC(NC(=O)Cc1cc(F)cc(F)c1)C(=O)NC1C(=O)N(CC2CC2)c2ccccc2N(CC2CC2)C1=O. The molecule has 38 heavy (non-hydrogen) atoms. The van der Waals surface area contributed by atoms with Crippen LogP contribution >= 0.6 is 0 Å². The number of carbonyl (C=O) groups excluding carboxylic acids is 4. The minimum atomic E-state index is -1.44. The number of nitrogens with one attached hydrogen (secondary N) is 2. The second kappa shape index (κ2) is 10.5. The van der Waals surface area contributed by atoms with E-state index in [1.54, 1.807) is 9.80 Å². The van der Waals surface area contributed by atoms with Gasteiger partial charge in [-0.25, -0.2) is 8.78 Å². The van der Waals surface area contributed by atoms with Crippen molar-refractivity contribution in [2.75, 3.05) is 22.9 Å². The van der Waals surface area contributed by atoms with E-state index in [4.69, 9.17) is 0 Å². The van der Waals surface area contributed by atoms with E-state index >= 15 is 0 Å². The van der Waals surface area contributed by atoms with E-state index < -0.39 is 47.3 Å². The molecule has 1 aliphatic heterocycles. The van der Waals surface area contributed by atoms with Crippen molar-refractivity contribution in [2.24, 2.45) is 11.8 Å². The largest absolute Gasteiger partial charge is 0.344 e. The fourth-order valence-electron chi connectivity index (χ4n) is 4.72. The number of para-hydroxylation sites is 2. The molecule has 3 aliphatic rings. The molecule has 2 aromatic carbocycles. The molecule has 0 radical (unpaired) electrons. The first-order valence-corrected chi connectivity index (χ1v) is 13.0. The van der Waals surface area contributed by atoms with E-state index in [1.165, 1.54) is 6.92 Å². The quantitative estimate of drug-likeness (QED) is 0.493. The first kappa shape index (κ1) is 25.8. The van der Waals surface area contributed by atoms with Crippen LogP contribution in [0.1, 0.15) is 38.2 Å². The highest BCUT2D eigenvalue weighted by Crippen LogP contribution is 2.40. The van der Waals surface area contributed by atoms with Crippen molar-refractivity contribution in [1.29, 1.82) is 0 Å². The molecule has 200 valence electrons. The molecule has 2 aliphatic carbocycles. The Morgan fingerprint density at radius 3 is 1.87 bits per heavy atom. The lowest BCUT2D eigenvalue weighted by Crippen LogP contribution is -2.59. The highest BCUT2D eigenvalue weighted by atomic mass is 19.1. The predicted octanol–water partition coefficient (Wildman–Crippen LogP) is 2.70.